The molecule has 1 atom stereocenters. The summed E-state index contributed by atoms with van der Waals surface area (Å²) in [6.45, 7) is 1.37. The molecule has 3 heterocycles. The van der Waals surface area contributed by atoms with E-state index in [9.17, 15) is 4.79 Å². The molecule has 1 aromatic rings. The number of aliphatic imine (C=N–C) groups is 2. The molecule has 0 aromatic heterocycles. The SMILES string of the molecule is O=C(COCCO)N1CCC2=C3C(=Nc4ccccc43)C=NC2C1. The topological polar surface area (TPSA) is 74.5 Å². The molecule has 1 unspecified atom stereocenters. The Balaban J connectivity index is 1.54. The fourth-order valence-corrected chi connectivity index (χ4v) is 3.50. The number of likely N-dealkylation sites (tertiary alicyclic amines) is 1. The molecule has 6 heteroatoms. The molecule has 0 spiro atoms. The van der Waals surface area contributed by atoms with Crippen molar-refractivity contribution in [2.75, 3.05) is 32.9 Å². The Morgan fingerprint density at radius 3 is 3.12 bits per heavy atom. The summed E-state index contributed by atoms with van der Waals surface area (Å²) in [5.74, 6) is -0.0472. The van der Waals surface area contributed by atoms with Gasteiger partial charge in [0, 0.05) is 30.4 Å². The number of aliphatic hydroxyl groups excluding tert-OH is 1. The van der Waals surface area contributed by atoms with Crippen molar-refractivity contribution in [3.8, 4) is 0 Å². The van der Waals surface area contributed by atoms with Crippen LogP contribution in [0.5, 0.6) is 0 Å². The van der Waals surface area contributed by atoms with Crippen molar-refractivity contribution in [2.45, 2.75) is 12.5 Å². The van der Waals surface area contributed by atoms with E-state index in [1.54, 1.807) is 4.90 Å². The summed E-state index contributed by atoms with van der Waals surface area (Å²) in [6, 6.07) is 8.15. The van der Waals surface area contributed by atoms with Crippen molar-refractivity contribution in [2.24, 2.45) is 9.98 Å². The third-order valence-corrected chi connectivity index (χ3v) is 4.63. The third kappa shape index (κ3) is 2.57. The van der Waals surface area contributed by atoms with Crippen LogP contribution in [0.15, 0.2) is 39.8 Å². The molecule has 124 valence electrons. The highest BCUT2D eigenvalue weighted by atomic mass is 16.5. The van der Waals surface area contributed by atoms with Gasteiger partial charge in [-0.15, -0.1) is 0 Å². The number of allylic oxidation sites excluding steroid dienone is 1. The maximum atomic E-state index is 12.2. The number of benzene rings is 1. The molecule has 0 aliphatic carbocycles. The first-order valence-electron chi connectivity index (χ1n) is 8.19. The van der Waals surface area contributed by atoms with Gasteiger partial charge in [-0.3, -0.25) is 9.79 Å². The average Bonchev–Trinajstić information content (AvgIpc) is 3.00. The molecule has 3 aliphatic rings. The molecule has 0 saturated carbocycles. The van der Waals surface area contributed by atoms with Crippen LogP contribution in [0.25, 0.3) is 5.57 Å². The van der Waals surface area contributed by atoms with Gasteiger partial charge in [0.25, 0.3) is 0 Å². The van der Waals surface area contributed by atoms with Gasteiger partial charge in [0.2, 0.25) is 5.91 Å². The molecular formula is C18H19N3O3. The Kier molecular flexibility index (Phi) is 4.00. The first-order chi connectivity index (χ1) is 11.8. The number of amides is 1. The van der Waals surface area contributed by atoms with Crippen molar-refractivity contribution >= 4 is 29.1 Å². The summed E-state index contributed by atoms with van der Waals surface area (Å²) in [6.07, 6.45) is 2.64. The normalized spacial score (nSPS) is 21.3. The van der Waals surface area contributed by atoms with E-state index < -0.39 is 0 Å². The Bertz CT molecular complexity index is 767. The van der Waals surface area contributed by atoms with Crippen molar-refractivity contribution in [3.05, 3.63) is 35.4 Å². The summed E-state index contributed by atoms with van der Waals surface area (Å²) in [5, 5.41) is 8.72. The number of carbonyl (C=O) groups excluding carboxylic acids is 1. The monoisotopic (exact) mass is 325 g/mol. The van der Waals surface area contributed by atoms with Crippen molar-refractivity contribution in [1.82, 2.24) is 4.90 Å². The van der Waals surface area contributed by atoms with Gasteiger partial charge in [0.15, 0.2) is 0 Å². The highest BCUT2D eigenvalue weighted by Crippen LogP contribution is 2.40. The van der Waals surface area contributed by atoms with E-state index in [4.69, 9.17) is 9.84 Å². The minimum atomic E-state index is -0.0715. The molecule has 0 radical (unpaired) electrons. The average molecular weight is 325 g/mol. The number of hydrogen-bond acceptors (Lipinski definition) is 5. The predicted octanol–water partition coefficient (Wildman–Crippen LogP) is 1.22. The van der Waals surface area contributed by atoms with Gasteiger partial charge in [0.1, 0.15) is 6.61 Å². The number of ether oxygens (including phenoxy) is 1. The Morgan fingerprint density at radius 2 is 2.25 bits per heavy atom. The molecule has 1 N–H and O–H groups in total. The summed E-state index contributed by atoms with van der Waals surface area (Å²) in [4.78, 5) is 23.3. The lowest BCUT2D eigenvalue weighted by Gasteiger charge is -2.35. The van der Waals surface area contributed by atoms with Crippen molar-refractivity contribution < 1.29 is 14.6 Å². The predicted molar refractivity (Wildman–Crippen MR) is 91.8 cm³/mol. The molecule has 1 aromatic carbocycles. The summed E-state index contributed by atoms with van der Waals surface area (Å²) in [5.41, 5.74) is 5.59. The van der Waals surface area contributed by atoms with Crippen LogP contribution in [0.3, 0.4) is 0 Å². The fraction of sp³-hybridized carbons (Fsp3) is 0.389. The maximum absolute atomic E-state index is 12.2. The van der Waals surface area contributed by atoms with E-state index >= 15 is 0 Å². The number of aliphatic hydroxyl groups is 1. The molecular weight excluding hydrogens is 306 g/mol. The Labute approximate surface area is 140 Å². The van der Waals surface area contributed by atoms with Crippen LogP contribution in [-0.4, -0.2) is 66.8 Å². The van der Waals surface area contributed by atoms with E-state index in [-0.39, 0.29) is 31.8 Å². The lowest BCUT2D eigenvalue weighted by Crippen LogP contribution is -2.45. The molecule has 1 saturated heterocycles. The van der Waals surface area contributed by atoms with Gasteiger partial charge in [0.05, 0.1) is 30.7 Å². The highest BCUT2D eigenvalue weighted by Gasteiger charge is 2.34. The molecule has 6 nitrogen and oxygen atoms in total. The Hall–Kier alpha value is -2.31. The number of hydrogen-bond donors (Lipinski definition) is 1. The van der Waals surface area contributed by atoms with Gasteiger partial charge >= 0.3 is 0 Å². The molecule has 4 rings (SSSR count). The van der Waals surface area contributed by atoms with Crippen LogP contribution in [-0.2, 0) is 9.53 Å². The third-order valence-electron chi connectivity index (χ3n) is 4.63. The first-order valence-corrected chi connectivity index (χ1v) is 8.19. The smallest absolute Gasteiger partial charge is 0.248 e. The minimum Gasteiger partial charge on any atom is -0.394 e. The van der Waals surface area contributed by atoms with Gasteiger partial charge < -0.3 is 14.7 Å². The molecule has 3 aliphatic heterocycles. The second-order valence-electron chi connectivity index (χ2n) is 6.07. The minimum absolute atomic E-state index is 0.000600. The van der Waals surface area contributed by atoms with E-state index in [1.807, 2.05) is 24.4 Å². The lowest BCUT2D eigenvalue weighted by molar-refractivity contribution is -0.137. The summed E-state index contributed by atoms with van der Waals surface area (Å²) < 4.78 is 5.14. The van der Waals surface area contributed by atoms with Crippen molar-refractivity contribution in [1.29, 1.82) is 0 Å². The number of nitrogens with zero attached hydrogens (tertiary/aromatic N) is 3. The fourth-order valence-electron chi connectivity index (χ4n) is 3.50. The number of para-hydroxylation sites is 1. The van der Waals surface area contributed by atoms with E-state index in [1.165, 1.54) is 16.7 Å². The van der Waals surface area contributed by atoms with Gasteiger partial charge in [-0.25, -0.2) is 4.99 Å². The quantitative estimate of drug-likeness (QED) is 0.846. The van der Waals surface area contributed by atoms with Crippen molar-refractivity contribution in [3.63, 3.8) is 0 Å². The summed E-state index contributed by atoms with van der Waals surface area (Å²) >= 11 is 0. The second kappa shape index (κ2) is 6.30. The van der Waals surface area contributed by atoms with Crippen LogP contribution >= 0.6 is 0 Å². The van der Waals surface area contributed by atoms with Crippen LogP contribution in [0.2, 0.25) is 0 Å². The van der Waals surface area contributed by atoms with Gasteiger partial charge in [-0.05, 0) is 18.1 Å². The number of piperidine rings is 1. The largest absolute Gasteiger partial charge is 0.394 e. The van der Waals surface area contributed by atoms with Gasteiger partial charge in [-0.1, -0.05) is 18.2 Å². The Morgan fingerprint density at radius 1 is 1.38 bits per heavy atom. The standard InChI is InChI=1S/C18H19N3O3/c22-7-8-24-11-17(23)21-6-5-13-16(10-21)19-9-15-18(13)12-3-1-2-4-14(12)20-15/h1-4,9,16,22H,5-8,10-11H2. The van der Waals surface area contributed by atoms with Gasteiger partial charge in [-0.2, -0.15) is 0 Å². The zero-order chi connectivity index (χ0) is 16.5. The number of fused-ring (bicyclic) bond motifs is 4. The molecule has 24 heavy (non-hydrogen) atoms. The molecule has 1 fully saturated rings. The van der Waals surface area contributed by atoms with E-state index in [2.05, 4.69) is 16.1 Å². The number of carbonyl (C=O) groups is 1. The highest BCUT2D eigenvalue weighted by molar-refractivity contribution is 6.54. The van der Waals surface area contributed by atoms with E-state index in [0.717, 1.165) is 17.8 Å². The van der Waals surface area contributed by atoms with Crippen LogP contribution in [0.1, 0.15) is 12.0 Å². The van der Waals surface area contributed by atoms with Crippen LogP contribution in [0, 0.1) is 0 Å². The number of dihydropyridines is 1. The number of rotatable bonds is 4. The first kappa shape index (κ1) is 15.2. The summed E-state index contributed by atoms with van der Waals surface area (Å²) in [7, 11) is 0. The second-order valence-corrected chi connectivity index (χ2v) is 6.07. The zero-order valence-electron chi connectivity index (χ0n) is 13.3. The van der Waals surface area contributed by atoms with E-state index in [0.29, 0.717) is 13.1 Å². The lowest BCUT2D eigenvalue weighted by atomic mass is 9.86. The maximum Gasteiger partial charge on any atom is 0.248 e. The zero-order valence-corrected chi connectivity index (χ0v) is 13.3. The van der Waals surface area contributed by atoms with Crippen LogP contribution < -0.4 is 0 Å². The molecule has 0 bridgehead atoms. The van der Waals surface area contributed by atoms with Crippen LogP contribution in [0.4, 0.5) is 5.69 Å². The molecule has 1 amide bonds.